The van der Waals surface area contributed by atoms with Crippen LogP contribution in [0, 0.1) is 11.3 Å². The summed E-state index contributed by atoms with van der Waals surface area (Å²) in [6, 6.07) is 14.5. The average Bonchev–Trinajstić information content (AvgIpc) is 2.93. The predicted molar refractivity (Wildman–Crippen MR) is 93.0 cm³/mol. The second-order valence-corrected chi connectivity index (χ2v) is 6.91. The highest BCUT2D eigenvalue weighted by Crippen LogP contribution is 2.32. The molecule has 2 aliphatic rings. The summed E-state index contributed by atoms with van der Waals surface area (Å²) in [6.07, 6.45) is 4.65. The number of halogens is 1. The molecule has 1 N–H and O–H groups in total. The Hall–Kier alpha value is -2.09. The first-order valence-electron chi connectivity index (χ1n) is 8.31. The summed E-state index contributed by atoms with van der Waals surface area (Å²) in [5.74, 6) is 0.538. The third kappa shape index (κ3) is 3.10. The number of piperidine rings is 1. The lowest BCUT2D eigenvalue weighted by atomic mass is 10.0. The summed E-state index contributed by atoms with van der Waals surface area (Å²) in [7, 11) is 0. The van der Waals surface area contributed by atoms with Crippen LogP contribution in [-0.4, -0.2) is 23.2 Å². The second kappa shape index (κ2) is 6.43. The SMILES string of the molecule is N#Cc1ccccc1-c1cc(Cl)nc(OC2CC3CCC(C2)N3)c1. The van der Waals surface area contributed by atoms with E-state index in [2.05, 4.69) is 16.4 Å². The number of pyridine rings is 1. The Balaban J connectivity index is 1.61. The maximum absolute atomic E-state index is 9.31. The molecule has 5 heteroatoms. The molecular formula is C19H18ClN3O. The molecule has 1 aromatic carbocycles. The van der Waals surface area contributed by atoms with Crippen LogP contribution in [-0.2, 0) is 0 Å². The molecule has 0 spiro atoms. The van der Waals surface area contributed by atoms with Crippen LogP contribution in [0.2, 0.25) is 5.15 Å². The number of rotatable bonds is 3. The summed E-state index contributed by atoms with van der Waals surface area (Å²) in [5.41, 5.74) is 2.32. The van der Waals surface area contributed by atoms with Crippen molar-refractivity contribution in [2.45, 2.75) is 43.9 Å². The summed E-state index contributed by atoms with van der Waals surface area (Å²) < 4.78 is 6.13. The Morgan fingerprint density at radius 3 is 2.67 bits per heavy atom. The van der Waals surface area contributed by atoms with Crippen LogP contribution in [0.1, 0.15) is 31.2 Å². The first-order valence-corrected chi connectivity index (χ1v) is 8.69. The zero-order valence-electron chi connectivity index (χ0n) is 13.2. The summed E-state index contributed by atoms with van der Waals surface area (Å²) >= 11 is 6.20. The Kier molecular flexibility index (Phi) is 4.13. The van der Waals surface area contributed by atoms with Crippen molar-refractivity contribution in [3.8, 4) is 23.1 Å². The molecule has 3 heterocycles. The Labute approximate surface area is 146 Å². The van der Waals surface area contributed by atoms with E-state index in [4.69, 9.17) is 16.3 Å². The van der Waals surface area contributed by atoms with Crippen molar-refractivity contribution in [3.05, 3.63) is 47.1 Å². The third-order valence-electron chi connectivity index (χ3n) is 4.85. The zero-order chi connectivity index (χ0) is 16.5. The standard InChI is InChI=1S/C19H18ClN3O/c20-18-7-13(17-4-2-1-3-12(17)11-21)8-19(23-18)24-16-9-14-5-6-15(10-16)22-14/h1-4,7-8,14-16,22H,5-6,9-10H2. The van der Waals surface area contributed by atoms with Gasteiger partial charge in [-0.25, -0.2) is 4.98 Å². The second-order valence-electron chi connectivity index (χ2n) is 6.52. The monoisotopic (exact) mass is 339 g/mol. The van der Waals surface area contributed by atoms with Gasteiger partial charge in [-0.05, 0) is 48.9 Å². The van der Waals surface area contributed by atoms with Gasteiger partial charge in [-0.2, -0.15) is 5.26 Å². The molecule has 1 aromatic heterocycles. The van der Waals surface area contributed by atoms with Crippen LogP contribution >= 0.6 is 11.6 Å². The van der Waals surface area contributed by atoms with Gasteiger partial charge in [-0.15, -0.1) is 0 Å². The molecule has 2 atom stereocenters. The van der Waals surface area contributed by atoms with Crippen molar-refractivity contribution in [1.82, 2.24) is 10.3 Å². The summed E-state index contributed by atoms with van der Waals surface area (Å²) in [6.45, 7) is 0. The first kappa shape index (κ1) is 15.4. The predicted octanol–water partition coefficient (Wildman–Crippen LogP) is 3.94. The van der Waals surface area contributed by atoms with Gasteiger partial charge in [0.2, 0.25) is 5.88 Å². The maximum Gasteiger partial charge on any atom is 0.215 e. The number of nitriles is 1. The number of hydrogen-bond acceptors (Lipinski definition) is 4. The highest BCUT2D eigenvalue weighted by Gasteiger charge is 2.34. The van der Waals surface area contributed by atoms with Crippen LogP contribution in [0.15, 0.2) is 36.4 Å². The molecule has 2 unspecified atom stereocenters. The van der Waals surface area contributed by atoms with E-state index >= 15 is 0 Å². The van der Waals surface area contributed by atoms with Crippen molar-refractivity contribution in [2.75, 3.05) is 0 Å². The van der Waals surface area contributed by atoms with Gasteiger partial charge >= 0.3 is 0 Å². The minimum Gasteiger partial charge on any atom is -0.474 e. The van der Waals surface area contributed by atoms with E-state index < -0.39 is 0 Å². The van der Waals surface area contributed by atoms with Gasteiger partial charge in [0.15, 0.2) is 0 Å². The van der Waals surface area contributed by atoms with E-state index in [-0.39, 0.29) is 6.10 Å². The van der Waals surface area contributed by atoms with Gasteiger partial charge in [0.1, 0.15) is 11.3 Å². The lowest BCUT2D eigenvalue weighted by molar-refractivity contribution is 0.132. The van der Waals surface area contributed by atoms with E-state index in [0.717, 1.165) is 24.0 Å². The average molecular weight is 340 g/mol. The van der Waals surface area contributed by atoms with Crippen LogP contribution in [0.4, 0.5) is 0 Å². The third-order valence-corrected chi connectivity index (χ3v) is 5.04. The summed E-state index contributed by atoms with van der Waals surface area (Å²) in [4.78, 5) is 4.32. The fourth-order valence-corrected chi connectivity index (χ4v) is 3.99. The van der Waals surface area contributed by atoms with Crippen LogP contribution < -0.4 is 10.1 Å². The lowest BCUT2D eigenvalue weighted by Gasteiger charge is -2.29. The molecule has 0 saturated carbocycles. The van der Waals surface area contributed by atoms with Crippen molar-refractivity contribution >= 4 is 11.6 Å². The van der Waals surface area contributed by atoms with E-state index in [1.807, 2.05) is 24.3 Å². The molecule has 0 amide bonds. The number of aromatic nitrogens is 1. The molecule has 122 valence electrons. The van der Waals surface area contributed by atoms with Gasteiger partial charge in [0, 0.05) is 18.2 Å². The highest BCUT2D eigenvalue weighted by molar-refractivity contribution is 6.29. The first-order chi connectivity index (χ1) is 11.7. The number of ether oxygens (including phenoxy) is 1. The van der Waals surface area contributed by atoms with E-state index in [0.29, 0.717) is 28.7 Å². The minimum atomic E-state index is 0.175. The van der Waals surface area contributed by atoms with Crippen molar-refractivity contribution in [3.63, 3.8) is 0 Å². The van der Waals surface area contributed by atoms with Crippen LogP contribution in [0.3, 0.4) is 0 Å². The highest BCUT2D eigenvalue weighted by atomic mass is 35.5. The van der Waals surface area contributed by atoms with Gasteiger partial charge in [0.05, 0.1) is 11.6 Å². The summed E-state index contributed by atoms with van der Waals surface area (Å²) in [5, 5.41) is 13.3. The number of benzene rings is 1. The van der Waals surface area contributed by atoms with Crippen LogP contribution in [0.5, 0.6) is 5.88 Å². The number of hydrogen-bond donors (Lipinski definition) is 1. The smallest absolute Gasteiger partial charge is 0.215 e. The van der Waals surface area contributed by atoms with E-state index in [1.165, 1.54) is 12.8 Å². The molecule has 24 heavy (non-hydrogen) atoms. The Bertz CT molecular complexity index is 789. The lowest BCUT2D eigenvalue weighted by Crippen LogP contribution is -2.42. The maximum atomic E-state index is 9.31. The van der Waals surface area contributed by atoms with Crippen molar-refractivity contribution in [2.24, 2.45) is 0 Å². The number of fused-ring (bicyclic) bond motifs is 2. The van der Waals surface area contributed by atoms with Crippen molar-refractivity contribution < 1.29 is 4.74 Å². The molecule has 2 bridgehead atoms. The number of nitrogens with zero attached hydrogens (tertiary/aromatic N) is 2. The fourth-order valence-electron chi connectivity index (χ4n) is 3.79. The van der Waals surface area contributed by atoms with Crippen molar-refractivity contribution in [1.29, 1.82) is 5.26 Å². The minimum absolute atomic E-state index is 0.175. The van der Waals surface area contributed by atoms with Gasteiger partial charge in [-0.3, -0.25) is 0 Å². The van der Waals surface area contributed by atoms with E-state index in [1.54, 1.807) is 12.1 Å². The molecule has 0 radical (unpaired) electrons. The van der Waals surface area contributed by atoms with E-state index in [9.17, 15) is 5.26 Å². The zero-order valence-corrected chi connectivity index (χ0v) is 14.0. The quantitative estimate of drug-likeness (QED) is 0.861. The largest absolute Gasteiger partial charge is 0.474 e. The number of nitrogens with one attached hydrogen (secondary N) is 1. The molecule has 2 aliphatic heterocycles. The molecular weight excluding hydrogens is 322 g/mol. The molecule has 0 aliphatic carbocycles. The Morgan fingerprint density at radius 2 is 1.92 bits per heavy atom. The van der Waals surface area contributed by atoms with Gasteiger partial charge < -0.3 is 10.1 Å². The molecule has 2 fully saturated rings. The Morgan fingerprint density at radius 1 is 1.17 bits per heavy atom. The molecule has 4 nitrogen and oxygen atoms in total. The topological polar surface area (TPSA) is 57.9 Å². The molecule has 2 aromatic rings. The molecule has 4 rings (SSSR count). The molecule has 2 saturated heterocycles. The normalized spacial score (nSPS) is 25.2. The van der Waals surface area contributed by atoms with Crippen LogP contribution in [0.25, 0.3) is 11.1 Å². The van der Waals surface area contributed by atoms with Gasteiger partial charge in [-0.1, -0.05) is 29.8 Å². The fraction of sp³-hybridized carbons (Fsp3) is 0.368. The van der Waals surface area contributed by atoms with Gasteiger partial charge in [0.25, 0.3) is 0 Å².